The normalized spacial score (nSPS) is 13.4. The van der Waals surface area contributed by atoms with Gasteiger partial charge in [0.15, 0.2) is 25.7 Å². The highest BCUT2D eigenvalue weighted by molar-refractivity contribution is 7.81. The molecular formula is C18H13N4OS2+. The number of rotatable bonds is 0. The van der Waals surface area contributed by atoms with Gasteiger partial charge < -0.3 is 15.0 Å². The number of nitrogens with one attached hydrogen (secondary N) is 3. The van der Waals surface area contributed by atoms with Gasteiger partial charge in [-0.2, -0.15) is 0 Å². The van der Waals surface area contributed by atoms with Crippen LogP contribution in [0.2, 0.25) is 0 Å². The molecule has 7 heteroatoms. The van der Waals surface area contributed by atoms with Crippen molar-refractivity contribution in [3.05, 3.63) is 84.4 Å². The maximum absolute atomic E-state index is 12.2. The predicted molar refractivity (Wildman–Crippen MR) is 102 cm³/mol. The van der Waals surface area contributed by atoms with Crippen LogP contribution in [0.5, 0.6) is 0 Å². The lowest BCUT2D eigenvalue weighted by atomic mass is 10.3. The molecule has 122 valence electrons. The van der Waals surface area contributed by atoms with Crippen LogP contribution >= 0.6 is 20.0 Å². The molecule has 0 fully saturated rings. The maximum Gasteiger partial charge on any atom is 0.315 e. The van der Waals surface area contributed by atoms with Crippen LogP contribution in [0.4, 0.5) is 0 Å². The second kappa shape index (κ2) is 5.58. The summed E-state index contributed by atoms with van der Waals surface area (Å²) in [5, 5.41) is 5.81. The quantitative estimate of drug-likeness (QED) is 0.273. The highest BCUT2D eigenvalue weighted by Crippen LogP contribution is 2.19. The molecule has 0 aromatic carbocycles. The van der Waals surface area contributed by atoms with Gasteiger partial charge in [-0.1, -0.05) is 0 Å². The van der Waals surface area contributed by atoms with E-state index < -0.39 is 9.67 Å². The second-order valence-corrected chi connectivity index (χ2v) is 8.81. The van der Waals surface area contributed by atoms with Crippen molar-refractivity contribution in [2.45, 2.75) is 0 Å². The van der Waals surface area contributed by atoms with Gasteiger partial charge in [0.1, 0.15) is 0 Å². The lowest BCUT2D eigenvalue weighted by Crippen LogP contribution is -2.11. The number of fused-ring (bicyclic) bond motifs is 8. The Labute approximate surface area is 147 Å². The van der Waals surface area contributed by atoms with E-state index in [0.29, 0.717) is 5.69 Å². The standard InChI is InChI=1S/C18H12N4OS2/c23-18-17-9-15-4-3-13(20-15)7-11-1-2-12(19-11)8-14-5-6-16(21-14)10-25(22-17)24-18/h1-10H,(H2-,19,20,21,22,23)/p+1. The third-order valence-corrected chi connectivity index (χ3v) is 6.74. The molecular weight excluding hydrogens is 352 g/mol. The van der Waals surface area contributed by atoms with Crippen LogP contribution in [0.3, 0.4) is 0 Å². The van der Waals surface area contributed by atoms with Gasteiger partial charge in [0.25, 0.3) is 0 Å². The molecule has 4 aromatic heterocycles. The van der Waals surface area contributed by atoms with Crippen LogP contribution in [0.1, 0.15) is 17.1 Å². The predicted octanol–water partition coefficient (Wildman–Crippen LogP) is 0.323. The molecule has 3 N–H and O–H groups in total. The zero-order valence-electron chi connectivity index (χ0n) is 12.9. The van der Waals surface area contributed by atoms with Crippen LogP contribution < -0.4 is 26.1 Å². The Balaban J connectivity index is 1.83. The molecule has 0 spiro atoms. The Bertz CT molecular complexity index is 1380. The molecule has 8 bridgehead atoms. The summed E-state index contributed by atoms with van der Waals surface area (Å²) in [4.78, 5) is 22.2. The molecule has 1 atom stereocenters. The van der Waals surface area contributed by atoms with E-state index in [0.717, 1.165) is 32.8 Å². The minimum atomic E-state index is -0.495. The molecule has 0 saturated heterocycles. The van der Waals surface area contributed by atoms with E-state index in [2.05, 4.69) is 25.4 Å². The van der Waals surface area contributed by atoms with Crippen molar-refractivity contribution in [2.24, 2.45) is 0 Å². The van der Waals surface area contributed by atoms with Crippen LogP contribution in [-0.2, 0) is 0 Å². The van der Waals surface area contributed by atoms with Gasteiger partial charge in [0, 0.05) is 27.4 Å². The number of H-pyrrole nitrogens is 3. The highest BCUT2D eigenvalue weighted by atomic mass is 32.9. The smallest absolute Gasteiger partial charge is 0.315 e. The molecule has 0 saturated carbocycles. The fourth-order valence-electron chi connectivity index (χ4n) is 2.78. The maximum atomic E-state index is 12.2. The van der Waals surface area contributed by atoms with E-state index in [9.17, 15) is 4.79 Å². The number of aromatic nitrogens is 4. The van der Waals surface area contributed by atoms with Gasteiger partial charge in [0.05, 0.1) is 5.35 Å². The van der Waals surface area contributed by atoms with Gasteiger partial charge in [-0.25, -0.2) is 0 Å². The van der Waals surface area contributed by atoms with Crippen LogP contribution in [0.25, 0.3) is 23.6 Å². The third-order valence-electron chi connectivity index (χ3n) is 3.89. The monoisotopic (exact) mass is 365 g/mol. The van der Waals surface area contributed by atoms with Gasteiger partial charge in [-0.3, -0.25) is 4.79 Å². The number of nitrogens with zero attached hydrogens (tertiary/aromatic N) is 1. The van der Waals surface area contributed by atoms with Crippen molar-refractivity contribution in [1.29, 1.82) is 0 Å². The molecule has 0 aliphatic carbocycles. The average molecular weight is 365 g/mol. The molecule has 1 aliphatic heterocycles. The third kappa shape index (κ3) is 2.84. The van der Waals surface area contributed by atoms with Crippen molar-refractivity contribution >= 4 is 43.6 Å². The minimum absolute atomic E-state index is 0.0101. The van der Waals surface area contributed by atoms with Gasteiger partial charge in [0.2, 0.25) is 5.41 Å². The number of hydrogen-bond donors (Lipinski definition) is 3. The summed E-state index contributed by atoms with van der Waals surface area (Å²) in [7, 11) is 0.766. The Morgan fingerprint density at radius 3 is 2.08 bits per heavy atom. The number of aromatic amines is 3. The van der Waals surface area contributed by atoms with Crippen LogP contribution in [0.15, 0.2) is 41.2 Å². The van der Waals surface area contributed by atoms with Crippen molar-refractivity contribution in [3.8, 4) is 0 Å². The first-order valence-corrected chi connectivity index (χ1v) is 10.3. The molecule has 5 heterocycles. The Kier molecular flexibility index (Phi) is 3.22. The molecule has 25 heavy (non-hydrogen) atoms. The summed E-state index contributed by atoms with van der Waals surface area (Å²) in [6, 6.07) is 12.1. The Morgan fingerprint density at radius 1 is 0.760 bits per heavy atom. The molecule has 5 nitrogen and oxygen atoms in total. The first-order chi connectivity index (χ1) is 12.2. The van der Waals surface area contributed by atoms with E-state index in [-0.39, 0.29) is 4.74 Å². The lowest BCUT2D eigenvalue weighted by molar-refractivity contribution is 1.24. The summed E-state index contributed by atoms with van der Waals surface area (Å²) in [5.74, 6) is 0. The molecule has 1 aliphatic rings. The van der Waals surface area contributed by atoms with Gasteiger partial charge >= 0.3 is 4.74 Å². The average Bonchev–Trinajstić information content (AvgIpc) is 3.33. The summed E-state index contributed by atoms with van der Waals surface area (Å²) in [5.41, 5.74) is 2.54. The highest BCUT2D eigenvalue weighted by Gasteiger charge is 2.14. The summed E-state index contributed by atoms with van der Waals surface area (Å²) < 4.78 is 4.57. The van der Waals surface area contributed by atoms with Crippen molar-refractivity contribution in [1.82, 2.24) is 19.3 Å². The van der Waals surface area contributed by atoms with Crippen molar-refractivity contribution in [2.75, 3.05) is 0 Å². The summed E-state index contributed by atoms with van der Waals surface area (Å²) in [6.45, 7) is 0. The first-order valence-electron chi connectivity index (χ1n) is 7.72. The zero-order chi connectivity index (χ0) is 16.8. The lowest BCUT2D eigenvalue weighted by Gasteiger charge is -1.86. The summed E-state index contributed by atoms with van der Waals surface area (Å²) in [6.07, 6.45) is 5.90. The first kappa shape index (κ1) is 14.4. The van der Waals surface area contributed by atoms with E-state index in [1.807, 2.05) is 54.0 Å². The minimum Gasteiger partial charge on any atom is -0.355 e. The topological polar surface area (TPSA) is 77.3 Å². The second-order valence-electron chi connectivity index (χ2n) is 5.78. The van der Waals surface area contributed by atoms with Crippen molar-refractivity contribution < 1.29 is 0 Å². The largest absolute Gasteiger partial charge is 0.355 e. The van der Waals surface area contributed by atoms with Gasteiger partial charge in [-0.15, -0.1) is 0 Å². The van der Waals surface area contributed by atoms with E-state index in [1.54, 1.807) is 0 Å². The Morgan fingerprint density at radius 2 is 1.36 bits per heavy atom. The number of hydrogen-bond acceptors (Lipinski definition) is 3. The van der Waals surface area contributed by atoms with Crippen molar-refractivity contribution in [3.63, 3.8) is 0 Å². The Hall–Kier alpha value is -2.90. The molecule has 4 aromatic rings. The summed E-state index contributed by atoms with van der Waals surface area (Å²) >= 11 is 0. The fourth-order valence-corrected chi connectivity index (χ4v) is 5.53. The fraction of sp³-hybridized carbons (Fsp3) is 0. The van der Waals surface area contributed by atoms with E-state index in [4.69, 9.17) is 0 Å². The van der Waals surface area contributed by atoms with E-state index in [1.165, 1.54) is 10.3 Å². The van der Waals surface area contributed by atoms with E-state index >= 15 is 0 Å². The van der Waals surface area contributed by atoms with Gasteiger partial charge in [-0.05, 0) is 59.0 Å². The zero-order valence-corrected chi connectivity index (χ0v) is 14.6. The van der Waals surface area contributed by atoms with Crippen LogP contribution in [0, 0.1) is 0 Å². The molecule has 1 unspecified atom stereocenters. The molecule has 0 radical (unpaired) electrons. The SMILES string of the molecule is O=c1s[s+]2nc1C=c1ccc([nH]1)=Cc1ccc([nH]1)C=c1ccc([nH]1)=C2. The molecule has 5 rings (SSSR count). The molecule has 0 amide bonds. The van der Waals surface area contributed by atoms with Crippen LogP contribution in [-0.4, -0.2) is 19.3 Å².